The van der Waals surface area contributed by atoms with E-state index in [9.17, 15) is 13.9 Å². The van der Waals surface area contributed by atoms with Gasteiger partial charge >= 0.3 is 0 Å². The van der Waals surface area contributed by atoms with E-state index < -0.39 is 5.92 Å². The summed E-state index contributed by atoms with van der Waals surface area (Å²) in [6.45, 7) is 1.83. The van der Waals surface area contributed by atoms with Gasteiger partial charge in [-0.2, -0.15) is 0 Å². The molecule has 5 rings (SSSR count). The number of phenols is 1. The highest BCUT2D eigenvalue weighted by Gasteiger charge is 2.37. The highest BCUT2D eigenvalue weighted by atomic mass is 19.3. The highest BCUT2D eigenvalue weighted by Crippen LogP contribution is 2.43. The largest absolute Gasteiger partial charge is 0.508 e. The molecule has 158 valence electrons. The van der Waals surface area contributed by atoms with Crippen molar-refractivity contribution in [2.75, 3.05) is 25.4 Å². The number of fused-ring (bicyclic) bond motifs is 1. The average molecular weight is 413 g/mol. The molecule has 1 aromatic carbocycles. The zero-order chi connectivity index (χ0) is 20.9. The standard InChI is InChI=1S/C22H25F2N5O/c23-22(24)4-6-28(7-5-22)11-14-8-16(9-14)29-12-18(15-2-1-3-17(30)10-15)19-20(25)26-13-27-21(19)29/h1-3,10,12-14,16,30H,4-9,11H2,(H2,25,26,27)/t14-,16+. The topological polar surface area (TPSA) is 80.2 Å². The van der Waals surface area contributed by atoms with Crippen LogP contribution in [0.25, 0.3) is 22.2 Å². The number of likely N-dealkylation sites (tertiary alicyclic amines) is 1. The van der Waals surface area contributed by atoms with E-state index in [4.69, 9.17) is 5.73 Å². The van der Waals surface area contributed by atoms with Gasteiger partial charge in [0.1, 0.15) is 23.5 Å². The number of halogens is 2. The molecule has 0 radical (unpaired) electrons. The number of aromatic nitrogens is 3. The lowest BCUT2D eigenvalue weighted by atomic mass is 9.79. The second kappa shape index (κ2) is 7.19. The first-order valence-electron chi connectivity index (χ1n) is 10.4. The Bertz CT molecular complexity index is 1070. The number of alkyl halides is 2. The molecular weight excluding hydrogens is 388 g/mol. The van der Waals surface area contributed by atoms with E-state index in [0.29, 0.717) is 30.9 Å². The van der Waals surface area contributed by atoms with Crippen LogP contribution in [0, 0.1) is 5.92 Å². The maximum absolute atomic E-state index is 13.4. The molecule has 0 atom stereocenters. The number of phenolic OH excluding ortho intramolecular Hbond substituents is 1. The number of benzene rings is 1. The van der Waals surface area contributed by atoms with E-state index in [-0.39, 0.29) is 18.6 Å². The Morgan fingerprint density at radius 3 is 2.67 bits per heavy atom. The quantitative estimate of drug-likeness (QED) is 0.674. The number of hydrogen-bond donors (Lipinski definition) is 2. The van der Waals surface area contributed by atoms with E-state index in [2.05, 4.69) is 19.4 Å². The lowest BCUT2D eigenvalue weighted by Gasteiger charge is -2.41. The third-order valence-electron chi connectivity index (χ3n) is 6.50. The summed E-state index contributed by atoms with van der Waals surface area (Å²) in [5.74, 6) is -1.38. The van der Waals surface area contributed by atoms with E-state index in [1.807, 2.05) is 12.3 Å². The molecule has 2 aliphatic rings. The number of nitrogens with two attached hydrogens (primary N) is 1. The zero-order valence-electron chi connectivity index (χ0n) is 16.6. The fraction of sp³-hybridized carbons (Fsp3) is 0.455. The van der Waals surface area contributed by atoms with Crippen LogP contribution in [0.15, 0.2) is 36.8 Å². The van der Waals surface area contributed by atoms with Gasteiger partial charge in [0.05, 0.1) is 5.39 Å². The number of rotatable bonds is 4. The van der Waals surface area contributed by atoms with Crippen LogP contribution in [0.4, 0.5) is 14.6 Å². The molecule has 0 unspecified atom stereocenters. The Labute approximate surface area is 173 Å². The van der Waals surface area contributed by atoms with Gasteiger partial charge < -0.3 is 20.3 Å². The summed E-state index contributed by atoms with van der Waals surface area (Å²) in [7, 11) is 0. The Morgan fingerprint density at radius 2 is 1.93 bits per heavy atom. The lowest BCUT2D eigenvalue weighted by Crippen LogP contribution is -2.44. The molecule has 30 heavy (non-hydrogen) atoms. The summed E-state index contributed by atoms with van der Waals surface area (Å²) >= 11 is 0. The monoisotopic (exact) mass is 413 g/mol. The van der Waals surface area contributed by atoms with Crippen LogP contribution in [0.1, 0.15) is 31.7 Å². The third-order valence-corrected chi connectivity index (χ3v) is 6.50. The Hall–Kier alpha value is -2.74. The summed E-state index contributed by atoms with van der Waals surface area (Å²) in [4.78, 5) is 10.8. The van der Waals surface area contributed by atoms with Gasteiger partial charge in [0.2, 0.25) is 0 Å². The summed E-state index contributed by atoms with van der Waals surface area (Å²) in [5.41, 5.74) is 8.75. The maximum Gasteiger partial charge on any atom is 0.250 e. The summed E-state index contributed by atoms with van der Waals surface area (Å²) in [5, 5.41) is 10.7. The molecule has 6 nitrogen and oxygen atoms in total. The number of nitrogen functional groups attached to an aromatic ring is 1. The summed E-state index contributed by atoms with van der Waals surface area (Å²) < 4.78 is 28.9. The number of piperidine rings is 1. The normalized spacial score (nSPS) is 24.1. The van der Waals surface area contributed by atoms with Crippen LogP contribution < -0.4 is 5.73 Å². The van der Waals surface area contributed by atoms with Crippen LogP contribution in [0.5, 0.6) is 5.75 Å². The molecular formula is C22H25F2N5O. The van der Waals surface area contributed by atoms with Gasteiger partial charge in [-0.3, -0.25) is 0 Å². The van der Waals surface area contributed by atoms with E-state index in [1.165, 1.54) is 6.33 Å². The Kier molecular flexibility index (Phi) is 4.61. The molecule has 1 saturated heterocycles. The van der Waals surface area contributed by atoms with Crippen molar-refractivity contribution in [1.82, 2.24) is 19.4 Å². The van der Waals surface area contributed by atoms with Crippen molar-refractivity contribution in [3.05, 3.63) is 36.8 Å². The van der Waals surface area contributed by atoms with Crippen molar-refractivity contribution < 1.29 is 13.9 Å². The predicted molar refractivity (Wildman–Crippen MR) is 111 cm³/mol. The number of anilines is 1. The van der Waals surface area contributed by atoms with E-state index in [1.54, 1.807) is 18.2 Å². The molecule has 3 N–H and O–H groups in total. The second-order valence-electron chi connectivity index (χ2n) is 8.61. The smallest absolute Gasteiger partial charge is 0.250 e. The van der Waals surface area contributed by atoms with Gasteiger partial charge in [-0.15, -0.1) is 0 Å². The maximum atomic E-state index is 13.4. The van der Waals surface area contributed by atoms with Gasteiger partial charge in [-0.25, -0.2) is 18.7 Å². The molecule has 1 aliphatic carbocycles. The van der Waals surface area contributed by atoms with Crippen molar-refractivity contribution in [1.29, 1.82) is 0 Å². The number of hydrogen-bond acceptors (Lipinski definition) is 5. The predicted octanol–water partition coefficient (Wildman–Crippen LogP) is 4.07. The molecule has 0 amide bonds. The van der Waals surface area contributed by atoms with Gasteiger partial charge in [0.15, 0.2) is 0 Å². The fourth-order valence-electron chi connectivity index (χ4n) is 4.78. The van der Waals surface area contributed by atoms with Crippen LogP contribution >= 0.6 is 0 Å². The van der Waals surface area contributed by atoms with Gasteiger partial charge in [-0.1, -0.05) is 12.1 Å². The zero-order valence-corrected chi connectivity index (χ0v) is 16.6. The molecule has 2 aromatic heterocycles. The first kappa shape index (κ1) is 19.2. The highest BCUT2D eigenvalue weighted by molar-refractivity contribution is 6.00. The van der Waals surface area contributed by atoms with Crippen molar-refractivity contribution in [2.24, 2.45) is 5.92 Å². The minimum absolute atomic E-state index is 0.0329. The Balaban J connectivity index is 1.36. The van der Waals surface area contributed by atoms with Crippen LogP contribution in [-0.4, -0.2) is 50.1 Å². The van der Waals surface area contributed by atoms with E-state index in [0.717, 1.165) is 41.5 Å². The van der Waals surface area contributed by atoms with Gasteiger partial charge in [0.25, 0.3) is 5.92 Å². The summed E-state index contributed by atoms with van der Waals surface area (Å²) in [6, 6.07) is 7.37. The van der Waals surface area contributed by atoms with Crippen molar-refractivity contribution in [3.8, 4) is 16.9 Å². The molecule has 0 bridgehead atoms. The first-order chi connectivity index (χ1) is 14.4. The molecule has 1 aliphatic heterocycles. The number of aromatic hydroxyl groups is 1. The lowest BCUT2D eigenvalue weighted by molar-refractivity contribution is -0.0603. The van der Waals surface area contributed by atoms with Crippen LogP contribution in [0.3, 0.4) is 0 Å². The summed E-state index contributed by atoms with van der Waals surface area (Å²) in [6.07, 6.45) is 5.43. The van der Waals surface area contributed by atoms with Gasteiger partial charge in [0, 0.05) is 50.3 Å². The molecule has 8 heteroatoms. The third kappa shape index (κ3) is 3.49. The first-order valence-corrected chi connectivity index (χ1v) is 10.4. The van der Waals surface area contributed by atoms with Crippen molar-refractivity contribution in [3.63, 3.8) is 0 Å². The van der Waals surface area contributed by atoms with E-state index >= 15 is 0 Å². The van der Waals surface area contributed by atoms with Crippen molar-refractivity contribution >= 4 is 16.9 Å². The average Bonchev–Trinajstić information content (AvgIpc) is 3.06. The molecule has 3 heterocycles. The van der Waals surface area contributed by atoms with Crippen molar-refractivity contribution in [2.45, 2.75) is 37.6 Å². The molecule has 1 saturated carbocycles. The molecule has 3 aromatic rings. The molecule has 2 fully saturated rings. The minimum Gasteiger partial charge on any atom is -0.508 e. The second-order valence-corrected chi connectivity index (χ2v) is 8.61. The fourth-order valence-corrected chi connectivity index (χ4v) is 4.78. The van der Waals surface area contributed by atoms with Crippen LogP contribution in [0.2, 0.25) is 0 Å². The molecule has 0 spiro atoms. The van der Waals surface area contributed by atoms with Crippen LogP contribution in [-0.2, 0) is 0 Å². The SMILES string of the molecule is Nc1ncnc2c1c(-c1cccc(O)c1)cn2[C@H]1C[C@@H](CN2CCC(F)(F)CC2)C1. The number of nitrogens with zero attached hydrogens (tertiary/aromatic N) is 4. The minimum atomic E-state index is -2.50. The Morgan fingerprint density at radius 1 is 1.17 bits per heavy atom. The van der Waals surface area contributed by atoms with Gasteiger partial charge in [-0.05, 0) is 36.5 Å².